The third-order valence-electron chi connectivity index (χ3n) is 6.20. The molecule has 4 rings (SSSR count). The molecule has 0 aromatic heterocycles. The van der Waals surface area contributed by atoms with Crippen LogP contribution in [-0.4, -0.2) is 58.1 Å². The molecule has 0 spiro atoms. The number of esters is 1. The lowest BCUT2D eigenvalue weighted by Gasteiger charge is -2.21. The Hall–Kier alpha value is -4.30. The Kier molecular flexibility index (Phi) is 7.56. The van der Waals surface area contributed by atoms with Gasteiger partial charge in [0, 0.05) is 13.0 Å². The largest absolute Gasteiger partial charge is 0.481 e. The molecule has 2 N–H and O–H groups in total. The predicted octanol–water partition coefficient (Wildman–Crippen LogP) is 3.65. The third-order valence-corrected chi connectivity index (χ3v) is 6.20. The van der Waals surface area contributed by atoms with E-state index in [1.54, 1.807) is 48.5 Å². The molecule has 1 heterocycles. The minimum Gasteiger partial charge on any atom is -0.481 e. The maximum absolute atomic E-state index is 12.5. The van der Waals surface area contributed by atoms with Crippen molar-refractivity contribution in [3.63, 3.8) is 0 Å². The summed E-state index contributed by atoms with van der Waals surface area (Å²) in [5.74, 6) is -4.05. The van der Waals surface area contributed by atoms with Gasteiger partial charge in [0.2, 0.25) is 0 Å². The van der Waals surface area contributed by atoms with Crippen LogP contribution in [0.5, 0.6) is 0 Å². The van der Waals surface area contributed by atoms with Gasteiger partial charge in [0.05, 0.1) is 35.3 Å². The molecule has 2 atom stereocenters. The Bertz CT molecular complexity index is 1240. The van der Waals surface area contributed by atoms with Gasteiger partial charge in [-0.1, -0.05) is 54.6 Å². The van der Waals surface area contributed by atoms with E-state index in [2.05, 4.69) is 0 Å². The molecule has 0 saturated carbocycles. The number of nitrogens with zero attached hydrogens (tertiary/aromatic N) is 1. The summed E-state index contributed by atoms with van der Waals surface area (Å²) >= 11 is 0. The van der Waals surface area contributed by atoms with Gasteiger partial charge in [-0.25, -0.2) is 4.79 Å². The number of aliphatic carboxylic acids is 1. The summed E-state index contributed by atoms with van der Waals surface area (Å²) in [7, 11) is 0. The Morgan fingerprint density at radius 3 is 1.92 bits per heavy atom. The standard InChI is InChI=1S/C28H25NO7/c30-24(15-17-36-28(35)20-12-10-19(11-13-20)18-6-2-1-3-7-18)23(27(33)34)14-16-29-25(31)21-8-4-5-9-22(21)26(29)32/h1-13,23-24,30H,14-17H2,(H,33,34). The second-order valence-electron chi connectivity index (χ2n) is 8.48. The van der Waals surface area contributed by atoms with Crippen LogP contribution in [0.1, 0.15) is 43.9 Å². The molecule has 1 aliphatic heterocycles. The van der Waals surface area contributed by atoms with Crippen LogP contribution < -0.4 is 0 Å². The van der Waals surface area contributed by atoms with Crippen molar-refractivity contribution in [3.05, 3.63) is 95.6 Å². The lowest BCUT2D eigenvalue weighted by molar-refractivity contribution is -0.146. The fraction of sp³-hybridized carbons (Fsp3) is 0.214. The van der Waals surface area contributed by atoms with Crippen molar-refractivity contribution in [2.45, 2.75) is 18.9 Å². The highest BCUT2D eigenvalue weighted by molar-refractivity contribution is 6.21. The van der Waals surface area contributed by atoms with Crippen LogP contribution in [0, 0.1) is 5.92 Å². The second kappa shape index (κ2) is 11.0. The molecular weight excluding hydrogens is 462 g/mol. The molecule has 0 aliphatic carbocycles. The van der Waals surface area contributed by atoms with Gasteiger partial charge in [-0.15, -0.1) is 0 Å². The molecule has 2 unspecified atom stereocenters. The van der Waals surface area contributed by atoms with Gasteiger partial charge in [-0.3, -0.25) is 19.3 Å². The van der Waals surface area contributed by atoms with Crippen LogP contribution in [-0.2, 0) is 9.53 Å². The number of hydrogen-bond acceptors (Lipinski definition) is 6. The Morgan fingerprint density at radius 1 is 0.778 bits per heavy atom. The summed E-state index contributed by atoms with van der Waals surface area (Å²) in [5.41, 5.74) is 2.85. The summed E-state index contributed by atoms with van der Waals surface area (Å²) in [6.45, 7) is -0.328. The summed E-state index contributed by atoms with van der Waals surface area (Å²) in [4.78, 5) is 50.0. The number of carboxylic acid groups (broad SMARTS) is 1. The third kappa shape index (κ3) is 5.34. The topological polar surface area (TPSA) is 121 Å². The quantitative estimate of drug-likeness (QED) is 0.331. The zero-order valence-corrected chi connectivity index (χ0v) is 19.4. The van der Waals surface area contributed by atoms with Gasteiger partial charge < -0.3 is 14.9 Å². The van der Waals surface area contributed by atoms with E-state index in [4.69, 9.17) is 4.74 Å². The zero-order chi connectivity index (χ0) is 25.7. The Labute approximate surface area is 207 Å². The number of amides is 2. The maximum Gasteiger partial charge on any atom is 0.338 e. The maximum atomic E-state index is 12.5. The van der Waals surface area contributed by atoms with E-state index in [0.29, 0.717) is 5.56 Å². The van der Waals surface area contributed by atoms with Crippen LogP contribution in [0.4, 0.5) is 0 Å². The smallest absolute Gasteiger partial charge is 0.338 e. The van der Waals surface area contributed by atoms with Gasteiger partial charge in [0.1, 0.15) is 0 Å². The number of carbonyl (C=O) groups excluding carboxylic acids is 3. The average Bonchev–Trinajstić information content (AvgIpc) is 3.14. The van der Waals surface area contributed by atoms with Gasteiger partial charge in [-0.05, 0) is 41.8 Å². The Balaban J connectivity index is 1.28. The first kappa shape index (κ1) is 24.8. The van der Waals surface area contributed by atoms with Crippen LogP contribution >= 0.6 is 0 Å². The molecule has 3 aromatic rings. The number of hydrogen-bond donors (Lipinski definition) is 2. The second-order valence-corrected chi connectivity index (χ2v) is 8.48. The molecule has 8 heteroatoms. The van der Waals surface area contributed by atoms with Crippen LogP contribution in [0.3, 0.4) is 0 Å². The molecular formula is C28H25NO7. The van der Waals surface area contributed by atoms with Gasteiger partial charge in [0.25, 0.3) is 11.8 Å². The lowest BCUT2D eigenvalue weighted by Crippen LogP contribution is -2.36. The molecule has 184 valence electrons. The summed E-state index contributed by atoms with van der Waals surface area (Å²) in [6, 6.07) is 23.0. The van der Waals surface area contributed by atoms with E-state index < -0.39 is 35.8 Å². The minimum atomic E-state index is -1.33. The molecule has 0 saturated heterocycles. The summed E-state index contributed by atoms with van der Waals surface area (Å²) < 4.78 is 5.22. The van der Waals surface area contributed by atoms with Gasteiger partial charge in [-0.2, -0.15) is 0 Å². The molecule has 0 bridgehead atoms. The van der Waals surface area contributed by atoms with E-state index in [9.17, 15) is 29.4 Å². The predicted molar refractivity (Wildman–Crippen MR) is 130 cm³/mol. The van der Waals surface area contributed by atoms with Crippen LogP contribution in [0.15, 0.2) is 78.9 Å². The van der Waals surface area contributed by atoms with Gasteiger partial charge in [0.15, 0.2) is 0 Å². The highest BCUT2D eigenvalue weighted by Gasteiger charge is 2.36. The highest BCUT2D eigenvalue weighted by atomic mass is 16.5. The fourth-order valence-electron chi connectivity index (χ4n) is 4.18. The van der Waals surface area contributed by atoms with Gasteiger partial charge >= 0.3 is 11.9 Å². The Morgan fingerprint density at radius 2 is 1.33 bits per heavy atom. The number of aliphatic hydroxyl groups is 1. The van der Waals surface area contributed by atoms with Crippen molar-refractivity contribution in [2.24, 2.45) is 5.92 Å². The number of carboxylic acids is 1. The molecule has 3 aromatic carbocycles. The summed E-state index contributed by atoms with van der Waals surface area (Å²) in [6.07, 6.45) is -1.56. The minimum absolute atomic E-state index is 0.104. The number of aliphatic hydroxyl groups excluding tert-OH is 1. The molecule has 36 heavy (non-hydrogen) atoms. The van der Waals surface area contributed by atoms with Crippen molar-refractivity contribution in [2.75, 3.05) is 13.2 Å². The molecule has 0 fully saturated rings. The number of rotatable bonds is 10. The van der Waals surface area contributed by atoms with Crippen molar-refractivity contribution in [3.8, 4) is 11.1 Å². The zero-order valence-electron chi connectivity index (χ0n) is 19.4. The fourth-order valence-corrected chi connectivity index (χ4v) is 4.18. The number of ether oxygens (including phenoxy) is 1. The van der Waals surface area contributed by atoms with Crippen LogP contribution in [0.25, 0.3) is 11.1 Å². The first-order valence-corrected chi connectivity index (χ1v) is 11.6. The monoisotopic (exact) mass is 487 g/mol. The molecule has 2 amide bonds. The number of carbonyl (C=O) groups is 4. The first-order valence-electron chi connectivity index (χ1n) is 11.6. The highest BCUT2D eigenvalue weighted by Crippen LogP contribution is 2.24. The van der Waals surface area contributed by atoms with E-state index >= 15 is 0 Å². The normalized spacial score (nSPS) is 14.3. The van der Waals surface area contributed by atoms with E-state index in [0.717, 1.165) is 16.0 Å². The van der Waals surface area contributed by atoms with Crippen molar-refractivity contribution in [1.29, 1.82) is 0 Å². The van der Waals surface area contributed by atoms with Crippen molar-refractivity contribution in [1.82, 2.24) is 4.90 Å². The first-order chi connectivity index (χ1) is 17.4. The summed E-state index contributed by atoms with van der Waals surface area (Å²) in [5, 5.41) is 20.0. The lowest BCUT2D eigenvalue weighted by atomic mass is 9.96. The van der Waals surface area contributed by atoms with E-state index in [1.807, 2.05) is 30.3 Å². The van der Waals surface area contributed by atoms with Crippen LogP contribution in [0.2, 0.25) is 0 Å². The molecule has 1 aliphatic rings. The van der Waals surface area contributed by atoms with Crippen molar-refractivity contribution >= 4 is 23.8 Å². The van der Waals surface area contributed by atoms with E-state index in [-0.39, 0.29) is 37.1 Å². The average molecular weight is 488 g/mol. The SMILES string of the molecule is O=C(OCCC(O)C(CCN1C(=O)c2ccccc2C1=O)C(=O)O)c1ccc(-c2ccccc2)cc1. The molecule has 0 radical (unpaired) electrons. The number of fused-ring (bicyclic) bond motifs is 1. The number of benzene rings is 3. The van der Waals surface area contributed by atoms with E-state index in [1.165, 1.54) is 0 Å². The number of imide groups is 1. The van der Waals surface area contributed by atoms with Crippen molar-refractivity contribution < 1.29 is 34.1 Å². The molecule has 8 nitrogen and oxygen atoms in total.